The van der Waals surface area contributed by atoms with Gasteiger partial charge in [0.05, 0.1) is 13.2 Å². The van der Waals surface area contributed by atoms with Crippen LogP contribution in [-0.4, -0.2) is 54.7 Å². The fourth-order valence-electron chi connectivity index (χ4n) is 4.85. The van der Waals surface area contributed by atoms with Crippen molar-refractivity contribution in [2.24, 2.45) is 0 Å². The molecule has 0 radical (unpaired) electrons. The third-order valence-electron chi connectivity index (χ3n) is 10.4. The first-order valence-electron chi connectivity index (χ1n) is 17.4. The Hall–Kier alpha value is -3.91. The Morgan fingerprint density at radius 2 is 1.26 bits per heavy atom. The number of hydrogen-bond acceptors (Lipinski definition) is 8. The quantitative estimate of drug-likeness (QED) is 0.147. The van der Waals surface area contributed by atoms with E-state index in [4.69, 9.17) is 13.6 Å². The molecule has 1 aliphatic rings. The van der Waals surface area contributed by atoms with Crippen molar-refractivity contribution in [1.82, 2.24) is 0 Å². The zero-order valence-corrected chi connectivity index (χ0v) is 35.5. The number of benzene rings is 1. The number of nitriles is 3. The predicted molar refractivity (Wildman–Crippen MR) is 214 cm³/mol. The molecule has 1 aromatic heterocycles. The largest absolute Gasteiger partial charge is 0.470 e. The Morgan fingerprint density at radius 3 is 1.68 bits per heavy atom. The van der Waals surface area contributed by atoms with Crippen molar-refractivity contribution in [3.8, 4) is 18.2 Å². The molecule has 1 aromatic carbocycles. The topological polar surface area (TPSA) is 102 Å². The van der Waals surface area contributed by atoms with Crippen LogP contribution in [0.5, 0.6) is 0 Å². The van der Waals surface area contributed by atoms with E-state index in [1.54, 1.807) is 12.1 Å². The summed E-state index contributed by atoms with van der Waals surface area (Å²) in [6.45, 7) is 26.0. The van der Waals surface area contributed by atoms with Gasteiger partial charge in [-0.3, -0.25) is 0 Å². The van der Waals surface area contributed by atoms with Gasteiger partial charge in [-0.2, -0.15) is 29.0 Å². The van der Waals surface area contributed by atoms with Gasteiger partial charge in [-0.1, -0.05) is 65.8 Å². The van der Waals surface area contributed by atoms with Gasteiger partial charge in [0.25, 0.3) is 0 Å². The zero-order chi connectivity index (χ0) is 40.0. The summed E-state index contributed by atoms with van der Waals surface area (Å²) in [5.41, 5.74) is -2.51. The van der Waals surface area contributed by atoms with Crippen LogP contribution in [0.4, 0.5) is 18.9 Å². The molecule has 1 aliphatic heterocycles. The predicted octanol–water partition coefficient (Wildman–Crippen LogP) is 11.3. The van der Waals surface area contributed by atoms with Gasteiger partial charge < -0.3 is 18.5 Å². The molecule has 2 heterocycles. The van der Waals surface area contributed by atoms with Gasteiger partial charge >= 0.3 is 6.18 Å². The van der Waals surface area contributed by atoms with Crippen molar-refractivity contribution in [3.63, 3.8) is 0 Å². The van der Waals surface area contributed by atoms with Gasteiger partial charge in [-0.05, 0) is 85.2 Å². The first-order chi connectivity index (χ1) is 24.4. The lowest BCUT2D eigenvalue weighted by atomic mass is 9.92. The number of anilines is 1. The van der Waals surface area contributed by atoms with Crippen molar-refractivity contribution in [2.75, 3.05) is 31.2 Å². The summed E-state index contributed by atoms with van der Waals surface area (Å²) in [6.07, 6.45) is 1.62. The minimum Gasteiger partial charge on any atom is -0.470 e. The highest BCUT2D eigenvalue weighted by molar-refractivity contribution is 7.13. The van der Waals surface area contributed by atoms with Crippen molar-refractivity contribution in [3.05, 3.63) is 80.3 Å². The van der Waals surface area contributed by atoms with Gasteiger partial charge in [0.15, 0.2) is 28.0 Å². The van der Waals surface area contributed by atoms with Gasteiger partial charge in [0.1, 0.15) is 23.8 Å². The maximum Gasteiger partial charge on any atom is 0.432 e. The lowest BCUT2D eigenvalue weighted by Gasteiger charge is -2.38. The van der Waals surface area contributed by atoms with E-state index in [1.165, 1.54) is 35.6 Å². The molecular formula is C40H51F3N4O3SSi2. The highest BCUT2D eigenvalue weighted by Gasteiger charge is 2.60. The summed E-state index contributed by atoms with van der Waals surface area (Å²) >= 11 is 1.35. The van der Waals surface area contributed by atoms with Crippen LogP contribution in [0.15, 0.2) is 65.0 Å². The molecule has 7 nitrogen and oxygen atoms in total. The maximum atomic E-state index is 14.2. The highest BCUT2D eigenvalue weighted by atomic mass is 32.1. The monoisotopic (exact) mass is 780 g/mol. The molecular weight excluding hydrogens is 730 g/mol. The van der Waals surface area contributed by atoms with E-state index in [1.807, 2.05) is 30.4 Å². The number of rotatable bonds is 13. The number of nitrogens with zero attached hydrogens (tertiary/aromatic N) is 4. The molecule has 2 aromatic rings. The molecule has 0 amide bonds. The second-order valence-electron chi connectivity index (χ2n) is 16.2. The third-order valence-corrected chi connectivity index (χ3v) is 20.5. The fourth-order valence-corrected chi connectivity index (χ4v) is 7.74. The van der Waals surface area contributed by atoms with Crippen molar-refractivity contribution < 1.29 is 26.8 Å². The molecule has 0 spiro atoms. The van der Waals surface area contributed by atoms with Gasteiger partial charge in [0, 0.05) is 34.1 Å². The Balaban J connectivity index is 1.80. The lowest BCUT2D eigenvalue weighted by molar-refractivity contribution is -0.236. The molecule has 0 N–H and O–H groups in total. The summed E-state index contributed by atoms with van der Waals surface area (Å²) in [7, 11) is -3.81. The molecule has 0 bridgehead atoms. The van der Waals surface area contributed by atoms with E-state index in [9.17, 15) is 29.0 Å². The molecule has 0 saturated heterocycles. The second-order valence-corrected chi connectivity index (χ2v) is 26.9. The summed E-state index contributed by atoms with van der Waals surface area (Å²) in [4.78, 5) is 3.83. The molecule has 284 valence electrons. The molecule has 3 rings (SSSR count). The Bertz CT molecular complexity index is 1830. The van der Waals surface area contributed by atoms with Crippen LogP contribution in [0, 0.1) is 34.0 Å². The number of thiophene rings is 1. The van der Waals surface area contributed by atoms with Crippen LogP contribution in [0.3, 0.4) is 0 Å². The van der Waals surface area contributed by atoms with E-state index >= 15 is 0 Å². The number of allylic oxidation sites excluding steroid dienone is 2. The van der Waals surface area contributed by atoms with Crippen molar-refractivity contribution in [2.45, 2.75) is 96.5 Å². The standard InChI is InChI=1S/C40H51F3N4O3SSi2/c1-37(2,3)52(8,9)48-24-22-47(23-25-49-53(10,11)38(4,5)6)31-15-12-29(13-16-31)14-17-32-18-19-33(51-32)20-21-35-34(28-46)36(30(26-44)27-45)50-39(35,7)40(41,42)43/h12-21H,22-25H2,1-11H3. The second kappa shape index (κ2) is 16.6. The average Bonchev–Trinajstić information content (AvgIpc) is 3.63. The van der Waals surface area contributed by atoms with Crippen LogP contribution in [0.1, 0.15) is 63.8 Å². The Labute approximate surface area is 319 Å². The van der Waals surface area contributed by atoms with E-state index in [0.717, 1.165) is 36.1 Å². The number of ether oxygens (including phenoxy) is 1. The number of alkyl halides is 3. The molecule has 0 aliphatic carbocycles. The molecule has 53 heavy (non-hydrogen) atoms. The van der Waals surface area contributed by atoms with E-state index in [2.05, 4.69) is 84.8 Å². The smallest absolute Gasteiger partial charge is 0.432 e. The minimum absolute atomic E-state index is 0.123. The van der Waals surface area contributed by atoms with Crippen LogP contribution < -0.4 is 4.90 Å². The van der Waals surface area contributed by atoms with Crippen LogP contribution in [-0.2, 0) is 13.6 Å². The van der Waals surface area contributed by atoms with E-state index < -0.39 is 50.9 Å². The number of hydrogen-bond donors (Lipinski definition) is 0. The first kappa shape index (κ1) is 43.5. The van der Waals surface area contributed by atoms with Crippen molar-refractivity contribution in [1.29, 1.82) is 15.8 Å². The maximum absolute atomic E-state index is 14.2. The molecule has 13 heteroatoms. The summed E-state index contributed by atoms with van der Waals surface area (Å²) in [5, 5.41) is 28.4. The van der Waals surface area contributed by atoms with Gasteiger partial charge in [0.2, 0.25) is 5.60 Å². The Morgan fingerprint density at radius 1 is 0.792 bits per heavy atom. The van der Waals surface area contributed by atoms with E-state index in [-0.39, 0.29) is 10.1 Å². The van der Waals surface area contributed by atoms with Gasteiger partial charge in [-0.25, -0.2) is 0 Å². The Kier molecular flexibility index (Phi) is 13.6. The van der Waals surface area contributed by atoms with Crippen molar-refractivity contribution >= 4 is 51.9 Å². The third kappa shape index (κ3) is 10.4. The summed E-state index contributed by atoms with van der Waals surface area (Å²) < 4.78 is 60.7. The average molecular weight is 781 g/mol. The lowest BCUT2D eigenvalue weighted by Crippen LogP contribution is -2.44. The summed E-state index contributed by atoms with van der Waals surface area (Å²) in [5.74, 6) is -0.667. The first-order valence-corrected chi connectivity index (χ1v) is 24.1. The van der Waals surface area contributed by atoms with Crippen LogP contribution in [0.2, 0.25) is 36.3 Å². The molecule has 0 saturated carbocycles. The van der Waals surface area contributed by atoms with E-state index in [0.29, 0.717) is 18.1 Å². The number of halogens is 3. The zero-order valence-electron chi connectivity index (χ0n) is 32.7. The highest BCUT2D eigenvalue weighted by Crippen LogP contribution is 2.49. The molecule has 1 atom stereocenters. The summed E-state index contributed by atoms with van der Waals surface area (Å²) in [6, 6.07) is 16.6. The normalized spacial score (nSPS) is 17.2. The fraction of sp³-hybridized carbons (Fsp3) is 0.475. The van der Waals surface area contributed by atoms with Gasteiger partial charge in [-0.15, -0.1) is 11.3 Å². The molecule has 0 fully saturated rings. The molecule has 1 unspecified atom stereocenters. The SMILES string of the molecule is CC1(C(F)(F)F)OC(=C(C#N)C#N)C(C#N)=C1C=Cc1ccc(C=Cc2ccc(N(CCO[Si](C)(C)C(C)(C)C)CCO[Si](C)(C)C(C)(C)C)cc2)s1. The van der Waals surface area contributed by atoms with Crippen LogP contribution >= 0.6 is 11.3 Å². The van der Waals surface area contributed by atoms with Crippen LogP contribution in [0.25, 0.3) is 18.2 Å². The minimum atomic E-state index is -4.92.